The minimum absolute atomic E-state index is 0.114. The van der Waals surface area contributed by atoms with E-state index in [0.717, 1.165) is 16.7 Å². The van der Waals surface area contributed by atoms with Crippen molar-refractivity contribution in [3.63, 3.8) is 0 Å². The minimum atomic E-state index is -3.75. The molecule has 0 fully saturated rings. The van der Waals surface area contributed by atoms with Crippen molar-refractivity contribution in [2.45, 2.75) is 25.2 Å². The average molecular weight is 488 g/mol. The number of hydrogen-bond donors (Lipinski definition) is 3. The third-order valence-electron chi connectivity index (χ3n) is 4.67. The Labute approximate surface area is 198 Å². The summed E-state index contributed by atoms with van der Waals surface area (Å²) in [5.74, 6) is -0.276. The van der Waals surface area contributed by atoms with Gasteiger partial charge in [-0.05, 0) is 79.2 Å². The van der Waals surface area contributed by atoms with Gasteiger partial charge in [0.25, 0.3) is 10.0 Å². The molecule has 166 valence electrons. The molecule has 0 bridgehead atoms. The fourth-order valence-electron chi connectivity index (χ4n) is 3.01. The zero-order valence-electron chi connectivity index (χ0n) is 17.5. The highest BCUT2D eigenvalue weighted by Gasteiger charge is 2.16. The van der Waals surface area contributed by atoms with E-state index in [2.05, 4.69) is 15.4 Å². The molecule has 0 saturated carbocycles. The monoisotopic (exact) mass is 487 g/mol. The number of anilines is 2. The normalized spacial score (nSPS) is 11.0. The van der Waals surface area contributed by atoms with Gasteiger partial charge in [-0.2, -0.15) is 0 Å². The molecule has 3 aromatic rings. The molecular weight excluding hydrogens is 466 g/mol. The van der Waals surface area contributed by atoms with Gasteiger partial charge in [0.1, 0.15) is 0 Å². The molecule has 3 aromatic carbocycles. The first-order chi connectivity index (χ1) is 15.1. The molecule has 0 aliphatic rings. The van der Waals surface area contributed by atoms with Crippen LogP contribution in [0.2, 0.25) is 5.02 Å². The molecule has 0 aliphatic heterocycles. The van der Waals surface area contributed by atoms with Crippen molar-refractivity contribution >= 4 is 56.2 Å². The van der Waals surface area contributed by atoms with E-state index in [1.807, 2.05) is 32.0 Å². The van der Waals surface area contributed by atoms with Crippen LogP contribution >= 0.6 is 23.8 Å². The summed E-state index contributed by atoms with van der Waals surface area (Å²) in [6, 6.07) is 18.6. The third kappa shape index (κ3) is 6.29. The second-order valence-corrected chi connectivity index (χ2v) is 9.73. The summed E-state index contributed by atoms with van der Waals surface area (Å²) in [6.45, 7) is 3.69. The third-order valence-corrected chi connectivity index (χ3v) is 6.49. The van der Waals surface area contributed by atoms with Crippen molar-refractivity contribution in [2.75, 3.05) is 10.0 Å². The SMILES string of the molecule is Cc1cccc(C)c1NS(=O)(=O)c1ccc(NC(=S)NC(=O)Cc2ccc(Cl)cc2)cc1. The van der Waals surface area contributed by atoms with E-state index in [0.29, 0.717) is 16.4 Å². The first-order valence-electron chi connectivity index (χ1n) is 9.68. The van der Waals surface area contributed by atoms with Crippen LogP contribution < -0.4 is 15.4 Å². The van der Waals surface area contributed by atoms with Crippen molar-refractivity contribution in [1.29, 1.82) is 0 Å². The second-order valence-electron chi connectivity index (χ2n) is 7.20. The number of aryl methyl sites for hydroxylation is 2. The van der Waals surface area contributed by atoms with E-state index >= 15 is 0 Å². The van der Waals surface area contributed by atoms with Crippen molar-refractivity contribution in [3.8, 4) is 0 Å². The van der Waals surface area contributed by atoms with Gasteiger partial charge < -0.3 is 10.6 Å². The van der Waals surface area contributed by atoms with Gasteiger partial charge in [0.2, 0.25) is 5.91 Å². The quantitative estimate of drug-likeness (QED) is 0.434. The smallest absolute Gasteiger partial charge is 0.261 e. The summed E-state index contributed by atoms with van der Waals surface area (Å²) in [7, 11) is -3.75. The van der Waals surface area contributed by atoms with E-state index in [1.165, 1.54) is 12.1 Å². The fourth-order valence-corrected chi connectivity index (χ4v) is 4.57. The van der Waals surface area contributed by atoms with Crippen molar-refractivity contribution in [2.24, 2.45) is 0 Å². The number of carbonyl (C=O) groups is 1. The molecule has 9 heteroatoms. The van der Waals surface area contributed by atoms with Crippen LogP contribution in [0.3, 0.4) is 0 Å². The Balaban J connectivity index is 1.60. The summed E-state index contributed by atoms with van der Waals surface area (Å²) in [5.41, 5.74) is 3.60. The lowest BCUT2D eigenvalue weighted by Gasteiger charge is -2.14. The van der Waals surface area contributed by atoms with E-state index in [1.54, 1.807) is 36.4 Å². The molecule has 3 rings (SSSR count). The Bertz CT molecular complexity index is 1220. The van der Waals surface area contributed by atoms with Crippen molar-refractivity contribution in [3.05, 3.63) is 88.4 Å². The standard InChI is InChI=1S/C23H22ClN3O3S2/c1-15-4-3-5-16(2)22(15)27-32(29,30)20-12-10-19(11-13-20)25-23(31)26-21(28)14-17-6-8-18(24)9-7-17/h3-13,27H,14H2,1-2H3,(H2,25,26,28,31). The van der Waals surface area contributed by atoms with E-state index in [4.69, 9.17) is 23.8 Å². The van der Waals surface area contributed by atoms with Crippen molar-refractivity contribution < 1.29 is 13.2 Å². The largest absolute Gasteiger partial charge is 0.332 e. The van der Waals surface area contributed by atoms with Gasteiger partial charge in [0.05, 0.1) is 17.0 Å². The van der Waals surface area contributed by atoms with Gasteiger partial charge in [-0.1, -0.05) is 41.9 Å². The molecule has 0 saturated heterocycles. The first-order valence-corrected chi connectivity index (χ1v) is 12.0. The molecule has 1 amide bonds. The van der Waals surface area contributed by atoms with Gasteiger partial charge in [0.15, 0.2) is 5.11 Å². The summed E-state index contributed by atoms with van der Waals surface area (Å²) in [4.78, 5) is 12.3. The Morgan fingerprint density at radius 1 is 0.938 bits per heavy atom. The van der Waals surface area contributed by atoms with E-state index in [-0.39, 0.29) is 22.3 Å². The Hall–Kier alpha value is -2.94. The summed E-state index contributed by atoms with van der Waals surface area (Å²) in [6.07, 6.45) is 0.153. The molecule has 3 N–H and O–H groups in total. The highest BCUT2D eigenvalue weighted by atomic mass is 35.5. The summed E-state index contributed by atoms with van der Waals surface area (Å²) >= 11 is 11.0. The van der Waals surface area contributed by atoms with Crippen LogP contribution in [-0.4, -0.2) is 19.4 Å². The number of benzene rings is 3. The van der Waals surface area contributed by atoms with Crippen LogP contribution in [0.25, 0.3) is 0 Å². The molecule has 0 heterocycles. The predicted molar refractivity (Wildman–Crippen MR) is 133 cm³/mol. The molecule has 0 aromatic heterocycles. The molecule has 32 heavy (non-hydrogen) atoms. The molecule has 0 aliphatic carbocycles. The Morgan fingerprint density at radius 2 is 1.53 bits per heavy atom. The maximum atomic E-state index is 12.8. The van der Waals surface area contributed by atoms with Crippen LogP contribution in [0.1, 0.15) is 16.7 Å². The molecule has 0 spiro atoms. The van der Waals surface area contributed by atoms with Gasteiger partial charge in [-0.3, -0.25) is 9.52 Å². The lowest BCUT2D eigenvalue weighted by atomic mass is 10.1. The highest BCUT2D eigenvalue weighted by molar-refractivity contribution is 7.92. The zero-order chi connectivity index (χ0) is 23.3. The first kappa shape index (κ1) is 23.7. The zero-order valence-corrected chi connectivity index (χ0v) is 19.9. The lowest BCUT2D eigenvalue weighted by Crippen LogP contribution is -2.35. The molecule has 0 atom stereocenters. The van der Waals surface area contributed by atoms with E-state index < -0.39 is 10.0 Å². The molecule has 0 radical (unpaired) electrons. The maximum absolute atomic E-state index is 12.8. The predicted octanol–water partition coefficient (Wildman–Crippen LogP) is 4.81. The van der Waals surface area contributed by atoms with Crippen molar-refractivity contribution in [1.82, 2.24) is 5.32 Å². The fraction of sp³-hybridized carbons (Fsp3) is 0.130. The molecular formula is C23H22ClN3O3S2. The minimum Gasteiger partial charge on any atom is -0.332 e. The molecule has 0 unspecified atom stereocenters. The number of halogens is 1. The maximum Gasteiger partial charge on any atom is 0.261 e. The lowest BCUT2D eigenvalue weighted by molar-refractivity contribution is -0.119. The summed E-state index contributed by atoms with van der Waals surface area (Å²) in [5, 5.41) is 6.19. The number of para-hydroxylation sites is 1. The van der Waals surface area contributed by atoms with Crippen LogP contribution in [0.5, 0.6) is 0 Å². The van der Waals surface area contributed by atoms with Crippen LogP contribution in [0.15, 0.2) is 71.6 Å². The number of thiocarbonyl (C=S) groups is 1. The molecule has 6 nitrogen and oxygen atoms in total. The number of nitrogens with one attached hydrogen (secondary N) is 3. The number of carbonyl (C=O) groups excluding carboxylic acids is 1. The number of rotatable bonds is 6. The highest BCUT2D eigenvalue weighted by Crippen LogP contribution is 2.24. The number of amides is 1. The average Bonchev–Trinajstić information content (AvgIpc) is 2.73. The van der Waals surface area contributed by atoms with Crippen LogP contribution in [-0.2, 0) is 21.2 Å². The van der Waals surface area contributed by atoms with Crippen LogP contribution in [0.4, 0.5) is 11.4 Å². The number of sulfonamides is 1. The topological polar surface area (TPSA) is 87.3 Å². The van der Waals surface area contributed by atoms with Gasteiger partial charge in [0, 0.05) is 10.7 Å². The van der Waals surface area contributed by atoms with Gasteiger partial charge in [-0.15, -0.1) is 0 Å². The second kappa shape index (κ2) is 10.1. The Kier molecular flexibility index (Phi) is 7.50. The summed E-state index contributed by atoms with van der Waals surface area (Å²) < 4.78 is 28.2. The Morgan fingerprint density at radius 3 is 2.12 bits per heavy atom. The number of hydrogen-bond acceptors (Lipinski definition) is 4. The van der Waals surface area contributed by atoms with Crippen LogP contribution in [0, 0.1) is 13.8 Å². The van der Waals surface area contributed by atoms with Gasteiger partial charge >= 0.3 is 0 Å². The van der Waals surface area contributed by atoms with E-state index in [9.17, 15) is 13.2 Å². The van der Waals surface area contributed by atoms with Gasteiger partial charge in [-0.25, -0.2) is 8.42 Å².